The largest absolute Gasteiger partial charge is 0.495 e. The number of ether oxygens (including phenoxy) is 1. The zero-order valence-electron chi connectivity index (χ0n) is 21.6. The van der Waals surface area contributed by atoms with Gasteiger partial charge in [-0.15, -0.1) is 0 Å². The van der Waals surface area contributed by atoms with Gasteiger partial charge in [0.2, 0.25) is 5.91 Å². The van der Waals surface area contributed by atoms with Crippen LogP contribution in [0.25, 0.3) is 0 Å². The van der Waals surface area contributed by atoms with Crippen molar-refractivity contribution in [1.82, 2.24) is 4.90 Å². The summed E-state index contributed by atoms with van der Waals surface area (Å²) in [6.07, 6.45) is 0. The average Bonchev–Trinajstić information content (AvgIpc) is 2.87. The topological polar surface area (TPSA) is 70.2 Å². The van der Waals surface area contributed by atoms with E-state index in [1.165, 1.54) is 13.2 Å². The van der Waals surface area contributed by atoms with Crippen LogP contribution >= 0.6 is 0 Å². The summed E-state index contributed by atoms with van der Waals surface area (Å²) in [5.74, 6) is -0.407. The van der Waals surface area contributed by atoms with Gasteiger partial charge in [0.05, 0.1) is 18.5 Å². The Balaban J connectivity index is 1.63. The monoisotopic (exact) mass is 525 g/mol. The van der Waals surface area contributed by atoms with Gasteiger partial charge in [-0.1, -0.05) is 24.3 Å². The second-order valence-corrected chi connectivity index (χ2v) is 11.2. The highest BCUT2D eigenvalue weighted by molar-refractivity contribution is 7.93. The maximum Gasteiger partial charge on any atom is 0.268 e. The summed E-state index contributed by atoms with van der Waals surface area (Å²) in [7, 11) is -2.72. The van der Waals surface area contributed by atoms with Gasteiger partial charge in [0, 0.05) is 26.2 Å². The van der Waals surface area contributed by atoms with Crippen LogP contribution in [0.2, 0.25) is 0 Å². The van der Waals surface area contributed by atoms with Crippen molar-refractivity contribution in [2.45, 2.75) is 25.7 Å². The van der Waals surface area contributed by atoms with E-state index in [4.69, 9.17) is 4.74 Å². The molecule has 3 aromatic rings. The van der Waals surface area contributed by atoms with Crippen molar-refractivity contribution >= 4 is 27.3 Å². The lowest BCUT2D eigenvalue weighted by atomic mass is 10.1. The lowest BCUT2D eigenvalue weighted by molar-refractivity contribution is -0.129. The third-order valence-electron chi connectivity index (χ3n) is 6.49. The minimum atomic E-state index is -4.15. The predicted octanol–water partition coefficient (Wildman–Crippen LogP) is 4.30. The number of piperazine rings is 1. The van der Waals surface area contributed by atoms with Gasteiger partial charge in [-0.25, -0.2) is 12.8 Å². The van der Waals surface area contributed by atoms with Gasteiger partial charge >= 0.3 is 0 Å². The van der Waals surface area contributed by atoms with Gasteiger partial charge < -0.3 is 14.5 Å². The molecule has 0 unspecified atom stereocenters. The molecule has 1 saturated heterocycles. The number of benzene rings is 3. The van der Waals surface area contributed by atoms with E-state index in [2.05, 4.69) is 0 Å². The number of aryl methyl sites for hydroxylation is 3. The number of carbonyl (C=O) groups is 1. The van der Waals surface area contributed by atoms with Crippen LogP contribution in [0.1, 0.15) is 16.7 Å². The smallest absolute Gasteiger partial charge is 0.268 e. The molecule has 196 valence electrons. The van der Waals surface area contributed by atoms with Crippen LogP contribution in [-0.4, -0.2) is 59.1 Å². The van der Waals surface area contributed by atoms with E-state index in [1.807, 2.05) is 24.8 Å². The molecule has 1 amide bonds. The van der Waals surface area contributed by atoms with Crippen LogP contribution in [0.5, 0.6) is 5.75 Å². The Labute approximate surface area is 218 Å². The molecule has 1 aliphatic heterocycles. The van der Waals surface area contributed by atoms with E-state index in [9.17, 15) is 17.6 Å². The van der Waals surface area contributed by atoms with Crippen LogP contribution < -0.4 is 13.9 Å². The molecule has 37 heavy (non-hydrogen) atoms. The Morgan fingerprint density at radius 3 is 2.19 bits per heavy atom. The molecule has 0 aliphatic carbocycles. The first kappa shape index (κ1) is 26.5. The van der Waals surface area contributed by atoms with Gasteiger partial charge in [-0.3, -0.25) is 9.10 Å². The number of amides is 1. The van der Waals surface area contributed by atoms with Crippen LogP contribution in [0, 0.1) is 26.6 Å². The molecule has 0 aromatic heterocycles. The third kappa shape index (κ3) is 5.72. The van der Waals surface area contributed by atoms with Gasteiger partial charge in [0.25, 0.3) is 10.0 Å². The molecule has 4 rings (SSSR count). The third-order valence-corrected chi connectivity index (χ3v) is 8.28. The number of para-hydroxylation sites is 1. The Kier molecular flexibility index (Phi) is 7.73. The van der Waals surface area contributed by atoms with E-state index in [-0.39, 0.29) is 28.9 Å². The Bertz CT molecular complexity index is 1380. The number of hydrogen-bond donors (Lipinski definition) is 0. The minimum Gasteiger partial charge on any atom is -0.495 e. The molecular formula is C28H32FN3O4S. The summed E-state index contributed by atoms with van der Waals surface area (Å²) in [5.41, 5.74) is 3.45. The first-order valence-electron chi connectivity index (χ1n) is 12.1. The zero-order valence-corrected chi connectivity index (χ0v) is 22.4. The lowest BCUT2D eigenvalue weighted by Crippen LogP contribution is -2.52. The predicted molar refractivity (Wildman–Crippen MR) is 143 cm³/mol. The molecule has 1 heterocycles. The SMILES string of the molecule is COc1ccc(C)cc1S(=O)(=O)N(CC(=O)N1CCN(c2ccccc2F)CC1)c1cc(C)cc(C)c1. The number of nitrogens with zero attached hydrogens (tertiary/aromatic N) is 3. The summed E-state index contributed by atoms with van der Waals surface area (Å²) < 4.78 is 48.8. The Morgan fingerprint density at radius 1 is 0.919 bits per heavy atom. The highest BCUT2D eigenvalue weighted by Gasteiger charge is 2.33. The molecule has 3 aromatic carbocycles. The molecule has 0 N–H and O–H groups in total. The molecule has 1 aliphatic rings. The van der Waals surface area contributed by atoms with Gasteiger partial charge in [-0.05, 0) is 73.9 Å². The first-order chi connectivity index (χ1) is 17.6. The van der Waals surface area contributed by atoms with Crippen molar-refractivity contribution in [3.63, 3.8) is 0 Å². The second-order valence-electron chi connectivity index (χ2n) is 9.33. The molecule has 0 radical (unpaired) electrons. The second kappa shape index (κ2) is 10.8. The molecule has 9 heteroatoms. The van der Waals surface area contributed by atoms with E-state index in [1.54, 1.807) is 60.4 Å². The van der Waals surface area contributed by atoms with Crippen LogP contribution in [-0.2, 0) is 14.8 Å². The van der Waals surface area contributed by atoms with Crippen molar-refractivity contribution < 1.29 is 22.3 Å². The summed E-state index contributed by atoms with van der Waals surface area (Å²) in [6, 6.07) is 17.0. The highest BCUT2D eigenvalue weighted by Crippen LogP contribution is 2.32. The maximum atomic E-state index is 14.2. The fourth-order valence-corrected chi connectivity index (χ4v) is 6.28. The minimum absolute atomic E-state index is 0.00586. The van der Waals surface area contributed by atoms with Crippen molar-refractivity contribution in [3.05, 3.63) is 83.2 Å². The Hall–Kier alpha value is -3.59. The van der Waals surface area contributed by atoms with Crippen molar-refractivity contribution in [1.29, 1.82) is 0 Å². The molecule has 0 atom stereocenters. The van der Waals surface area contributed by atoms with E-state index < -0.39 is 10.0 Å². The fraction of sp³-hybridized carbons (Fsp3) is 0.321. The summed E-state index contributed by atoms with van der Waals surface area (Å²) in [6.45, 7) is 6.85. The Morgan fingerprint density at radius 2 is 1.57 bits per heavy atom. The maximum absolute atomic E-state index is 14.2. The summed E-state index contributed by atoms with van der Waals surface area (Å²) in [4.78, 5) is 17.0. The summed E-state index contributed by atoms with van der Waals surface area (Å²) >= 11 is 0. The number of carbonyl (C=O) groups excluding carboxylic acids is 1. The fourth-order valence-electron chi connectivity index (χ4n) is 4.64. The van der Waals surface area contributed by atoms with Gasteiger partial charge in [0.1, 0.15) is 23.0 Å². The van der Waals surface area contributed by atoms with Gasteiger partial charge in [-0.2, -0.15) is 0 Å². The quantitative estimate of drug-likeness (QED) is 0.460. The van der Waals surface area contributed by atoms with Crippen LogP contribution in [0.4, 0.5) is 15.8 Å². The lowest BCUT2D eigenvalue weighted by Gasteiger charge is -2.37. The number of rotatable bonds is 7. The van der Waals surface area contributed by atoms with Gasteiger partial charge in [0.15, 0.2) is 0 Å². The highest BCUT2D eigenvalue weighted by atomic mass is 32.2. The van der Waals surface area contributed by atoms with Crippen LogP contribution in [0.3, 0.4) is 0 Å². The van der Waals surface area contributed by atoms with Crippen molar-refractivity contribution in [2.24, 2.45) is 0 Å². The average molecular weight is 526 g/mol. The zero-order chi connectivity index (χ0) is 26.7. The number of halogens is 1. The number of hydrogen-bond acceptors (Lipinski definition) is 5. The molecule has 7 nitrogen and oxygen atoms in total. The van der Waals surface area contributed by atoms with E-state index in [0.717, 1.165) is 21.0 Å². The molecule has 1 fully saturated rings. The molecule has 0 spiro atoms. The number of sulfonamides is 1. The normalized spacial score (nSPS) is 14.0. The number of anilines is 2. The molecule has 0 bridgehead atoms. The molecule has 0 saturated carbocycles. The van der Waals surface area contributed by atoms with Crippen LogP contribution in [0.15, 0.2) is 65.6 Å². The van der Waals surface area contributed by atoms with Crippen molar-refractivity contribution in [3.8, 4) is 5.75 Å². The molecular weight excluding hydrogens is 493 g/mol. The standard InChI is InChI=1S/C28H32FN3O4S/c1-20-9-10-26(36-4)27(18-20)37(34,35)32(23-16-21(2)15-22(3)17-23)19-28(33)31-13-11-30(12-14-31)25-8-6-5-7-24(25)29/h5-10,15-18H,11-14,19H2,1-4H3. The first-order valence-corrected chi connectivity index (χ1v) is 13.6. The van der Waals surface area contributed by atoms with E-state index >= 15 is 0 Å². The number of methoxy groups -OCH3 is 1. The van der Waals surface area contributed by atoms with E-state index in [0.29, 0.717) is 37.6 Å². The van der Waals surface area contributed by atoms with Crippen molar-refractivity contribution in [2.75, 3.05) is 49.0 Å². The summed E-state index contributed by atoms with van der Waals surface area (Å²) in [5, 5.41) is 0.